The van der Waals surface area contributed by atoms with Gasteiger partial charge in [0.05, 0.1) is 13.4 Å². The molecule has 2 aromatic heterocycles. The SMILES string of the molecule is COc1c(/C(C)=C/C(=O)NCCc2c[nH]c3ccccc23)cc2c(-c3ccc(C)cc3C)coc2c1C. The molecule has 5 rings (SSSR count). The molecular weight excluding hydrogens is 460 g/mol. The van der Waals surface area contributed by atoms with Gasteiger partial charge < -0.3 is 19.5 Å². The summed E-state index contributed by atoms with van der Waals surface area (Å²) in [6.45, 7) is 8.70. The number of aromatic nitrogens is 1. The Labute approximate surface area is 217 Å². The number of ether oxygens (including phenoxy) is 1. The second-order valence-corrected chi connectivity index (χ2v) is 9.65. The van der Waals surface area contributed by atoms with Crippen LogP contribution in [0.1, 0.15) is 34.7 Å². The van der Waals surface area contributed by atoms with Crippen molar-refractivity contribution >= 4 is 33.4 Å². The van der Waals surface area contributed by atoms with Crippen LogP contribution in [0, 0.1) is 20.8 Å². The quantitative estimate of drug-likeness (QED) is 0.235. The number of rotatable bonds is 7. The molecule has 0 saturated heterocycles. The van der Waals surface area contributed by atoms with Crippen molar-refractivity contribution < 1.29 is 13.9 Å². The van der Waals surface area contributed by atoms with Gasteiger partial charge in [-0.15, -0.1) is 0 Å². The number of hydrogen-bond acceptors (Lipinski definition) is 3. The van der Waals surface area contributed by atoms with Crippen molar-refractivity contribution in [2.75, 3.05) is 13.7 Å². The Morgan fingerprint density at radius 1 is 1.05 bits per heavy atom. The van der Waals surface area contributed by atoms with Gasteiger partial charge in [-0.25, -0.2) is 0 Å². The van der Waals surface area contributed by atoms with Gasteiger partial charge in [0.15, 0.2) is 0 Å². The van der Waals surface area contributed by atoms with Gasteiger partial charge in [0.25, 0.3) is 0 Å². The predicted octanol–water partition coefficient (Wildman–Crippen LogP) is 7.28. The average molecular weight is 493 g/mol. The summed E-state index contributed by atoms with van der Waals surface area (Å²) in [4.78, 5) is 16.1. The van der Waals surface area contributed by atoms with Crippen molar-refractivity contribution in [1.29, 1.82) is 0 Å². The van der Waals surface area contributed by atoms with Gasteiger partial charge in [-0.1, -0.05) is 42.0 Å². The van der Waals surface area contributed by atoms with E-state index in [1.807, 2.05) is 38.4 Å². The summed E-state index contributed by atoms with van der Waals surface area (Å²) in [6.07, 6.45) is 6.23. The lowest BCUT2D eigenvalue weighted by atomic mass is 9.94. The van der Waals surface area contributed by atoms with Crippen molar-refractivity contribution in [2.24, 2.45) is 0 Å². The largest absolute Gasteiger partial charge is 0.496 e. The lowest BCUT2D eigenvalue weighted by molar-refractivity contribution is -0.116. The van der Waals surface area contributed by atoms with Gasteiger partial charge in [0.1, 0.15) is 11.3 Å². The molecule has 188 valence electrons. The normalized spacial score (nSPS) is 11.9. The molecular formula is C32H32N2O3. The Balaban J connectivity index is 1.41. The van der Waals surface area contributed by atoms with Gasteiger partial charge in [0, 0.05) is 51.8 Å². The van der Waals surface area contributed by atoms with Crippen LogP contribution in [0.15, 0.2) is 71.5 Å². The number of aromatic amines is 1. The zero-order valence-corrected chi connectivity index (χ0v) is 22.0. The van der Waals surface area contributed by atoms with E-state index < -0.39 is 0 Å². The van der Waals surface area contributed by atoms with Crippen molar-refractivity contribution in [2.45, 2.75) is 34.1 Å². The number of furan rings is 1. The Bertz CT molecular complexity index is 1650. The van der Waals surface area contributed by atoms with Gasteiger partial charge in [0.2, 0.25) is 5.91 Å². The van der Waals surface area contributed by atoms with E-state index in [-0.39, 0.29) is 5.91 Å². The highest BCUT2D eigenvalue weighted by Gasteiger charge is 2.19. The second kappa shape index (κ2) is 10.0. The summed E-state index contributed by atoms with van der Waals surface area (Å²) in [5, 5.41) is 5.23. The van der Waals surface area contributed by atoms with Crippen LogP contribution in [-0.2, 0) is 11.2 Å². The first kappa shape index (κ1) is 24.4. The zero-order chi connectivity index (χ0) is 26.1. The average Bonchev–Trinajstić information content (AvgIpc) is 3.49. The summed E-state index contributed by atoms with van der Waals surface area (Å²) in [5.41, 5.74) is 10.3. The van der Waals surface area contributed by atoms with Gasteiger partial charge in [-0.05, 0) is 68.5 Å². The van der Waals surface area contributed by atoms with Crippen LogP contribution in [0.2, 0.25) is 0 Å². The molecule has 0 saturated carbocycles. The third kappa shape index (κ3) is 4.65. The Morgan fingerprint density at radius 3 is 2.65 bits per heavy atom. The molecule has 0 fully saturated rings. The molecule has 2 N–H and O–H groups in total. The molecule has 5 nitrogen and oxygen atoms in total. The maximum atomic E-state index is 12.8. The van der Waals surface area contributed by atoms with E-state index in [0.29, 0.717) is 6.54 Å². The van der Waals surface area contributed by atoms with E-state index in [1.54, 1.807) is 13.2 Å². The zero-order valence-electron chi connectivity index (χ0n) is 22.0. The second-order valence-electron chi connectivity index (χ2n) is 9.65. The monoisotopic (exact) mass is 492 g/mol. The van der Waals surface area contributed by atoms with Crippen LogP contribution in [0.4, 0.5) is 0 Å². The number of methoxy groups -OCH3 is 1. The molecule has 5 heteroatoms. The molecule has 1 amide bonds. The summed E-state index contributed by atoms with van der Waals surface area (Å²) in [7, 11) is 1.65. The van der Waals surface area contributed by atoms with E-state index in [0.717, 1.165) is 56.5 Å². The first-order chi connectivity index (χ1) is 17.9. The van der Waals surface area contributed by atoms with Gasteiger partial charge >= 0.3 is 0 Å². The molecule has 0 bridgehead atoms. The molecule has 0 aliphatic heterocycles. The van der Waals surface area contributed by atoms with Crippen LogP contribution in [-0.4, -0.2) is 24.5 Å². The number of benzene rings is 3. The fourth-order valence-corrected chi connectivity index (χ4v) is 5.18. The first-order valence-corrected chi connectivity index (χ1v) is 12.5. The summed E-state index contributed by atoms with van der Waals surface area (Å²) in [5.74, 6) is 0.591. The molecule has 0 radical (unpaired) electrons. The summed E-state index contributed by atoms with van der Waals surface area (Å²) >= 11 is 0. The molecule has 0 atom stereocenters. The van der Waals surface area contributed by atoms with Crippen LogP contribution >= 0.6 is 0 Å². The number of aryl methyl sites for hydroxylation is 3. The molecule has 0 unspecified atom stereocenters. The highest BCUT2D eigenvalue weighted by molar-refractivity contribution is 6.02. The predicted molar refractivity (Wildman–Crippen MR) is 151 cm³/mol. The van der Waals surface area contributed by atoms with E-state index in [4.69, 9.17) is 9.15 Å². The number of para-hydroxylation sites is 1. The fraction of sp³-hybridized carbons (Fsp3) is 0.219. The number of carbonyl (C=O) groups excluding carboxylic acids is 1. The standard InChI is InChI=1S/C32H32N2O3/c1-19-10-11-24(20(2)14-19)28-18-37-32-22(4)31(36-5)26(16-27(28)32)21(3)15-30(35)33-13-12-23-17-34-29-9-7-6-8-25(23)29/h6-11,14-18,34H,12-13H2,1-5H3,(H,33,35)/b21-15+. The molecule has 3 aromatic carbocycles. The van der Waals surface area contributed by atoms with Gasteiger partial charge in [-0.2, -0.15) is 0 Å². The van der Waals surface area contributed by atoms with E-state index in [1.165, 1.54) is 22.1 Å². The molecule has 37 heavy (non-hydrogen) atoms. The summed E-state index contributed by atoms with van der Waals surface area (Å²) < 4.78 is 11.8. The Hall–Kier alpha value is -4.25. The number of fused-ring (bicyclic) bond motifs is 2. The molecule has 0 spiro atoms. The molecule has 5 aromatic rings. The maximum Gasteiger partial charge on any atom is 0.244 e. The van der Waals surface area contributed by atoms with E-state index in [9.17, 15) is 4.79 Å². The molecule has 2 heterocycles. The molecule has 0 aliphatic carbocycles. The number of carbonyl (C=O) groups is 1. The van der Waals surface area contributed by atoms with E-state index >= 15 is 0 Å². The number of allylic oxidation sites excluding steroid dienone is 1. The number of amides is 1. The summed E-state index contributed by atoms with van der Waals surface area (Å²) in [6, 6.07) is 16.7. The number of nitrogens with one attached hydrogen (secondary N) is 2. The highest BCUT2D eigenvalue weighted by Crippen LogP contribution is 2.41. The van der Waals surface area contributed by atoms with Crippen LogP contribution in [0.25, 0.3) is 38.6 Å². The number of hydrogen-bond donors (Lipinski definition) is 2. The van der Waals surface area contributed by atoms with Crippen molar-refractivity contribution in [3.05, 3.63) is 94.9 Å². The maximum absolute atomic E-state index is 12.8. The minimum absolute atomic E-state index is 0.126. The minimum Gasteiger partial charge on any atom is -0.496 e. The number of H-pyrrole nitrogens is 1. The Kier molecular flexibility index (Phi) is 6.62. The topological polar surface area (TPSA) is 67.3 Å². The van der Waals surface area contributed by atoms with Crippen LogP contribution in [0.3, 0.4) is 0 Å². The fourth-order valence-electron chi connectivity index (χ4n) is 5.18. The Morgan fingerprint density at radius 2 is 1.86 bits per heavy atom. The third-order valence-electron chi connectivity index (χ3n) is 7.06. The van der Waals surface area contributed by atoms with Crippen LogP contribution in [0.5, 0.6) is 5.75 Å². The lowest BCUT2D eigenvalue weighted by Crippen LogP contribution is -2.23. The minimum atomic E-state index is -0.126. The highest BCUT2D eigenvalue weighted by atomic mass is 16.5. The lowest BCUT2D eigenvalue weighted by Gasteiger charge is -2.14. The molecule has 0 aliphatic rings. The van der Waals surface area contributed by atoms with E-state index in [2.05, 4.69) is 60.5 Å². The first-order valence-electron chi connectivity index (χ1n) is 12.5. The third-order valence-corrected chi connectivity index (χ3v) is 7.06. The smallest absolute Gasteiger partial charge is 0.244 e. The van der Waals surface area contributed by atoms with Crippen molar-refractivity contribution in [3.63, 3.8) is 0 Å². The van der Waals surface area contributed by atoms with Crippen molar-refractivity contribution in [3.8, 4) is 16.9 Å². The van der Waals surface area contributed by atoms with Crippen LogP contribution < -0.4 is 10.1 Å². The van der Waals surface area contributed by atoms with Crippen molar-refractivity contribution in [1.82, 2.24) is 10.3 Å². The van der Waals surface area contributed by atoms with Gasteiger partial charge in [-0.3, -0.25) is 4.79 Å².